The first-order chi connectivity index (χ1) is 27.8. The van der Waals surface area contributed by atoms with Gasteiger partial charge in [-0.25, -0.2) is 4.98 Å². The molecular weight excluding hydrogens is 711 g/mol. The molecule has 58 heavy (non-hydrogen) atoms. The van der Waals surface area contributed by atoms with Crippen LogP contribution in [0.5, 0.6) is 5.75 Å². The fourth-order valence-electron chi connectivity index (χ4n) is 8.41. The van der Waals surface area contributed by atoms with Gasteiger partial charge in [-0.1, -0.05) is 146 Å². The average Bonchev–Trinajstić information content (AvgIpc) is 3.78. The Bertz CT molecular complexity index is 2990. The van der Waals surface area contributed by atoms with Crippen LogP contribution >= 0.6 is 0 Å². The van der Waals surface area contributed by atoms with Crippen molar-refractivity contribution in [2.75, 3.05) is 0 Å². The SMILES string of the molecule is CC(C)c1cccc(-c2ccccc2)c1-n1c(-c2cc(C(C)(C)C)cc(C(C)(C)C)c2O)nc2c(-c3cc(-c4ccccn4)c4c(c3)oc3ccccc34)cccc21. The highest BCUT2D eigenvalue weighted by Crippen LogP contribution is 2.47. The van der Waals surface area contributed by atoms with Crippen LogP contribution in [0.25, 0.3) is 83.6 Å². The van der Waals surface area contributed by atoms with Gasteiger partial charge in [0.05, 0.1) is 28.0 Å². The van der Waals surface area contributed by atoms with Gasteiger partial charge >= 0.3 is 0 Å². The summed E-state index contributed by atoms with van der Waals surface area (Å²) in [4.78, 5) is 10.5. The number of aromatic hydroxyl groups is 1. The van der Waals surface area contributed by atoms with Crippen molar-refractivity contribution >= 4 is 33.0 Å². The summed E-state index contributed by atoms with van der Waals surface area (Å²) >= 11 is 0. The third-order valence-corrected chi connectivity index (χ3v) is 11.4. The van der Waals surface area contributed by atoms with Gasteiger partial charge in [-0.15, -0.1) is 0 Å². The molecule has 0 saturated heterocycles. The quantitative estimate of drug-likeness (QED) is 0.183. The zero-order chi connectivity index (χ0) is 40.5. The van der Waals surface area contributed by atoms with Crippen molar-refractivity contribution in [2.24, 2.45) is 0 Å². The van der Waals surface area contributed by atoms with Crippen LogP contribution < -0.4 is 0 Å². The fourth-order valence-corrected chi connectivity index (χ4v) is 8.41. The van der Waals surface area contributed by atoms with E-state index in [1.54, 1.807) is 0 Å². The number of furan rings is 1. The molecule has 0 bridgehead atoms. The van der Waals surface area contributed by atoms with Crippen molar-refractivity contribution in [1.29, 1.82) is 0 Å². The third-order valence-electron chi connectivity index (χ3n) is 11.4. The number of hydrogen-bond acceptors (Lipinski definition) is 4. The Morgan fingerprint density at radius 2 is 1.34 bits per heavy atom. The molecule has 0 saturated carbocycles. The summed E-state index contributed by atoms with van der Waals surface area (Å²) in [5.41, 5.74) is 13.9. The predicted molar refractivity (Wildman–Crippen MR) is 241 cm³/mol. The number of benzene rings is 6. The molecule has 0 aliphatic rings. The molecule has 9 rings (SSSR count). The van der Waals surface area contributed by atoms with E-state index in [-0.39, 0.29) is 22.5 Å². The van der Waals surface area contributed by atoms with Gasteiger partial charge in [-0.05, 0) is 81.5 Å². The lowest BCUT2D eigenvalue weighted by atomic mass is 9.79. The first-order valence-corrected chi connectivity index (χ1v) is 20.2. The van der Waals surface area contributed by atoms with Gasteiger partial charge < -0.3 is 9.52 Å². The second-order valence-corrected chi connectivity index (χ2v) is 17.8. The normalized spacial score (nSPS) is 12.4. The summed E-state index contributed by atoms with van der Waals surface area (Å²) in [5.74, 6) is 1.14. The molecule has 5 heteroatoms. The van der Waals surface area contributed by atoms with E-state index in [2.05, 4.69) is 169 Å². The van der Waals surface area contributed by atoms with E-state index >= 15 is 0 Å². The molecule has 6 aromatic carbocycles. The second-order valence-electron chi connectivity index (χ2n) is 17.8. The molecule has 0 aliphatic heterocycles. The third kappa shape index (κ3) is 6.26. The molecule has 0 atom stereocenters. The number of pyridine rings is 1. The van der Waals surface area contributed by atoms with Crippen LogP contribution in [0.4, 0.5) is 0 Å². The predicted octanol–water partition coefficient (Wildman–Crippen LogP) is 14.4. The van der Waals surface area contributed by atoms with E-state index in [1.807, 2.05) is 30.5 Å². The number of imidazole rings is 1. The minimum Gasteiger partial charge on any atom is -0.507 e. The standard InChI is InChI=1S/C53H49N3O2/c1-32(2)36-21-16-23-38(33-18-10-9-11-19-33)49(36)56-44-25-17-22-37(48(44)55-51(56)41-30-35(52(3,4)5)31-42(50(41)57)53(6,7)8)34-28-40(43-24-14-15-27-54-43)47-39-20-12-13-26-45(39)58-46(47)29-34/h9-32,57H,1-8H3. The number of para-hydroxylation sites is 3. The summed E-state index contributed by atoms with van der Waals surface area (Å²) in [6.07, 6.45) is 1.84. The first-order valence-electron chi connectivity index (χ1n) is 20.2. The minimum absolute atomic E-state index is 0.181. The summed E-state index contributed by atoms with van der Waals surface area (Å²) in [7, 11) is 0. The zero-order valence-electron chi connectivity index (χ0n) is 34.6. The molecule has 9 aromatic rings. The van der Waals surface area contributed by atoms with Gasteiger partial charge in [0.2, 0.25) is 0 Å². The number of nitrogens with zero attached hydrogens (tertiary/aromatic N) is 3. The smallest absolute Gasteiger partial charge is 0.149 e. The number of phenolic OH excluding ortho intramolecular Hbond substituents is 1. The number of phenols is 1. The molecule has 0 aliphatic carbocycles. The molecule has 0 unspecified atom stereocenters. The average molecular weight is 760 g/mol. The number of rotatable bonds is 6. The molecule has 0 amide bonds. The van der Waals surface area contributed by atoms with Gasteiger partial charge in [0, 0.05) is 39.2 Å². The van der Waals surface area contributed by atoms with Crippen LogP contribution in [0.3, 0.4) is 0 Å². The lowest BCUT2D eigenvalue weighted by molar-refractivity contribution is 0.446. The van der Waals surface area contributed by atoms with Crippen molar-refractivity contribution < 1.29 is 9.52 Å². The molecule has 3 heterocycles. The van der Waals surface area contributed by atoms with Gasteiger partial charge in [0.25, 0.3) is 0 Å². The summed E-state index contributed by atoms with van der Waals surface area (Å²) in [6.45, 7) is 17.7. The summed E-state index contributed by atoms with van der Waals surface area (Å²) < 4.78 is 8.89. The molecule has 0 spiro atoms. The van der Waals surface area contributed by atoms with E-state index in [0.29, 0.717) is 11.4 Å². The second kappa shape index (κ2) is 13.9. The molecule has 0 radical (unpaired) electrons. The van der Waals surface area contributed by atoms with Crippen LogP contribution in [-0.4, -0.2) is 19.6 Å². The van der Waals surface area contributed by atoms with Crippen LogP contribution in [0, 0.1) is 0 Å². The Morgan fingerprint density at radius 3 is 2.07 bits per heavy atom. The molecular formula is C53H49N3O2. The maximum Gasteiger partial charge on any atom is 0.149 e. The Hall–Kier alpha value is -6.46. The van der Waals surface area contributed by atoms with Crippen LogP contribution in [0.15, 0.2) is 144 Å². The Kier molecular flexibility index (Phi) is 8.89. The van der Waals surface area contributed by atoms with E-state index in [0.717, 1.165) is 83.3 Å². The molecule has 0 fully saturated rings. The molecule has 1 N–H and O–H groups in total. The van der Waals surface area contributed by atoms with Crippen LogP contribution in [-0.2, 0) is 10.8 Å². The fraction of sp³-hybridized carbons (Fsp3) is 0.208. The van der Waals surface area contributed by atoms with Crippen molar-refractivity contribution in [2.45, 2.75) is 72.1 Å². The maximum atomic E-state index is 12.5. The van der Waals surface area contributed by atoms with Gasteiger partial charge in [0.1, 0.15) is 22.7 Å². The molecule has 288 valence electrons. The zero-order valence-corrected chi connectivity index (χ0v) is 34.6. The van der Waals surface area contributed by atoms with Crippen LogP contribution in [0.2, 0.25) is 0 Å². The van der Waals surface area contributed by atoms with E-state index < -0.39 is 0 Å². The van der Waals surface area contributed by atoms with Crippen molar-refractivity contribution in [1.82, 2.24) is 14.5 Å². The minimum atomic E-state index is -0.322. The number of aromatic nitrogens is 3. The number of hydrogen-bond donors (Lipinski definition) is 1. The van der Waals surface area contributed by atoms with Gasteiger partial charge in [0.15, 0.2) is 0 Å². The van der Waals surface area contributed by atoms with Gasteiger partial charge in [-0.2, -0.15) is 0 Å². The Balaban J connectivity index is 1.43. The lowest BCUT2D eigenvalue weighted by Crippen LogP contribution is -2.17. The monoisotopic (exact) mass is 759 g/mol. The van der Waals surface area contributed by atoms with Crippen molar-refractivity contribution in [3.63, 3.8) is 0 Å². The van der Waals surface area contributed by atoms with E-state index in [9.17, 15) is 5.11 Å². The maximum absolute atomic E-state index is 12.5. The highest BCUT2D eigenvalue weighted by atomic mass is 16.3. The molecule has 3 aromatic heterocycles. The first kappa shape index (κ1) is 37.1. The van der Waals surface area contributed by atoms with Crippen molar-refractivity contribution in [3.8, 4) is 56.3 Å². The Labute approximate surface area is 340 Å². The largest absolute Gasteiger partial charge is 0.507 e. The Morgan fingerprint density at radius 1 is 0.621 bits per heavy atom. The van der Waals surface area contributed by atoms with E-state index in [4.69, 9.17) is 14.4 Å². The van der Waals surface area contributed by atoms with Gasteiger partial charge in [-0.3, -0.25) is 9.55 Å². The topological polar surface area (TPSA) is 64.1 Å². The van der Waals surface area contributed by atoms with Crippen molar-refractivity contribution in [3.05, 3.63) is 156 Å². The van der Waals surface area contributed by atoms with Crippen LogP contribution in [0.1, 0.15) is 78.0 Å². The van der Waals surface area contributed by atoms with E-state index in [1.165, 1.54) is 5.56 Å². The molecule has 5 nitrogen and oxygen atoms in total. The number of fused-ring (bicyclic) bond motifs is 4. The lowest BCUT2D eigenvalue weighted by Gasteiger charge is -2.28. The highest BCUT2D eigenvalue weighted by Gasteiger charge is 2.30. The summed E-state index contributed by atoms with van der Waals surface area (Å²) in [6, 6.07) is 46.5. The summed E-state index contributed by atoms with van der Waals surface area (Å²) in [5, 5.41) is 14.6. The highest BCUT2D eigenvalue weighted by molar-refractivity contribution is 6.14.